The average Bonchev–Trinajstić information content (AvgIpc) is 2.85. The van der Waals surface area contributed by atoms with Gasteiger partial charge in [-0.25, -0.2) is 9.18 Å². The predicted octanol–water partition coefficient (Wildman–Crippen LogP) is 6.67. The second-order valence-electron chi connectivity index (χ2n) is 11.4. The summed E-state index contributed by atoms with van der Waals surface area (Å²) in [7, 11) is 1.44. The van der Waals surface area contributed by atoms with Crippen LogP contribution in [0, 0.1) is 5.82 Å². The van der Waals surface area contributed by atoms with Gasteiger partial charge in [-0.15, -0.1) is 0 Å². The van der Waals surface area contributed by atoms with Gasteiger partial charge in [-0.2, -0.15) is 0 Å². The number of esters is 1. The molecule has 212 valence electrons. The minimum absolute atomic E-state index is 0.0135. The van der Waals surface area contributed by atoms with E-state index in [2.05, 4.69) is 36.4 Å². The number of carbonyl (C=O) groups is 1. The summed E-state index contributed by atoms with van der Waals surface area (Å²) in [6, 6.07) is 9.18. The van der Waals surface area contributed by atoms with Crippen LogP contribution in [0.25, 0.3) is 10.9 Å². The Bertz CT molecular complexity index is 1410. The third-order valence-electron chi connectivity index (χ3n) is 7.74. The lowest BCUT2D eigenvalue weighted by atomic mass is 9.98. The fourth-order valence-electron chi connectivity index (χ4n) is 4.64. The standard InChI is InChI=1S/C30H40FIN2O4Si/c1-8-38-29(36)24-19-34(14-10-13-30(2,3)39(6,7)37)27-23(28(24)35)16-20(17-25(27)33(4)5)15-21-11-9-12-22(18-32)26(21)31/h9,11-12,16-17,19,37H,8,10,13-15,18H2,1-7H3. The summed E-state index contributed by atoms with van der Waals surface area (Å²) >= 11 is 2.15. The zero-order valence-corrected chi connectivity index (χ0v) is 27.2. The number of alkyl halides is 1. The summed E-state index contributed by atoms with van der Waals surface area (Å²) in [5.41, 5.74) is 3.13. The summed E-state index contributed by atoms with van der Waals surface area (Å²) in [6.07, 6.45) is 3.48. The SMILES string of the molecule is CCOC(=O)c1cn(CCCC(C)(C)[Si](C)(C)O)c2c(N(C)C)cc(Cc3cccc(CI)c3F)cc2c1=O. The molecular weight excluding hydrogens is 626 g/mol. The molecule has 0 atom stereocenters. The molecule has 1 heterocycles. The maximum absolute atomic E-state index is 15.1. The zero-order valence-electron chi connectivity index (χ0n) is 24.0. The number of carbonyl (C=O) groups excluding carboxylic acids is 1. The number of aromatic nitrogens is 1. The number of fused-ring (bicyclic) bond motifs is 1. The highest BCUT2D eigenvalue weighted by Gasteiger charge is 2.37. The molecule has 0 aliphatic carbocycles. The molecule has 0 bridgehead atoms. The third kappa shape index (κ3) is 6.92. The molecule has 0 aliphatic rings. The van der Waals surface area contributed by atoms with E-state index in [-0.39, 0.29) is 23.0 Å². The molecule has 3 rings (SSSR count). The van der Waals surface area contributed by atoms with Crippen LogP contribution in [0.5, 0.6) is 0 Å². The Morgan fingerprint density at radius 3 is 2.46 bits per heavy atom. The molecule has 0 saturated carbocycles. The van der Waals surface area contributed by atoms with Crippen molar-refractivity contribution in [2.24, 2.45) is 0 Å². The Hall–Kier alpha value is -2.24. The Kier molecular flexibility index (Phi) is 10.0. The average molecular weight is 667 g/mol. The van der Waals surface area contributed by atoms with Gasteiger partial charge in [-0.05, 0) is 66.7 Å². The van der Waals surface area contributed by atoms with Gasteiger partial charge >= 0.3 is 5.97 Å². The second-order valence-corrected chi connectivity index (χ2v) is 16.7. The van der Waals surface area contributed by atoms with Crippen molar-refractivity contribution in [3.05, 3.63) is 74.8 Å². The van der Waals surface area contributed by atoms with E-state index < -0.39 is 19.7 Å². The first-order valence-electron chi connectivity index (χ1n) is 13.3. The molecule has 39 heavy (non-hydrogen) atoms. The highest BCUT2D eigenvalue weighted by atomic mass is 127. The minimum Gasteiger partial charge on any atom is -0.462 e. The summed E-state index contributed by atoms with van der Waals surface area (Å²) < 4.78 is 22.8. The quantitative estimate of drug-likeness (QED) is 0.107. The van der Waals surface area contributed by atoms with E-state index in [4.69, 9.17) is 4.74 Å². The Balaban J connectivity index is 2.19. The number of aryl methyl sites for hydroxylation is 1. The molecule has 0 spiro atoms. The lowest BCUT2D eigenvalue weighted by molar-refractivity contribution is 0.0524. The summed E-state index contributed by atoms with van der Waals surface area (Å²) in [6.45, 7) is 10.5. The fraction of sp³-hybridized carbons (Fsp3) is 0.467. The summed E-state index contributed by atoms with van der Waals surface area (Å²) in [5, 5.41) is 0.211. The molecule has 1 aromatic heterocycles. The van der Waals surface area contributed by atoms with E-state index in [0.29, 0.717) is 33.9 Å². The van der Waals surface area contributed by atoms with E-state index >= 15 is 4.39 Å². The molecule has 0 saturated heterocycles. The van der Waals surface area contributed by atoms with Crippen molar-refractivity contribution in [3.8, 4) is 0 Å². The smallest absolute Gasteiger partial charge is 0.343 e. The van der Waals surface area contributed by atoms with Gasteiger partial charge < -0.3 is 19.0 Å². The van der Waals surface area contributed by atoms with Gasteiger partial charge in [0.15, 0.2) is 8.32 Å². The number of anilines is 1. The van der Waals surface area contributed by atoms with Crippen LogP contribution in [0.2, 0.25) is 18.1 Å². The van der Waals surface area contributed by atoms with Crippen molar-refractivity contribution in [1.82, 2.24) is 4.57 Å². The van der Waals surface area contributed by atoms with Crippen molar-refractivity contribution in [3.63, 3.8) is 0 Å². The first-order valence-corrected chi connectivity index (χ1v) is 17.8. The summed E-state index contributed by atoms with van der Waals surface area (Å²) in [4.78, 5) is 39.2. The molecular formula is C30H40FIN2O4Si. The maximum atomic E-state index is 15.1. The van der Waals surface area contributed by atoms with E-state index in [0.717, 1.165) is 29.6 Å². The predicted molar refractivity (Wildman–Crippen MR) is 168 cm³/mol. The van der Waals surface area contributed by atoms with Crippen molar-refractivity contribution in [2.45, 2.75) is 69.1 Å². The number of pyridine rings is 1. The molecule has 3 aromatic rings. The van der Waals surface area contributed by atoms with Crippen LogP contribution >= 0.6 is 22.6 Å². The second kappa shape index (κ2) is 12.5. The normalized spacial score (nSPS) is 12.2. The molecule has 0 aliphatic heterocycles. The van der Waals surface area contributed by atoms with Crippen molar-refractivity contribution in [1.29, 1.82) is 0 Å². The molecule has 0 radical (unpaired) electrons. The van der Waals surface area contributed by atoms with Gasteiger partial charge in [0.05, 0.1) is 17.8 Å². The first-order chi connectivity index (χ1) is 18.2. The van der Waals surface area contributed by atoms with Crippen LogP contribution in [-0.4, -0.2) is 44.4 Å². The van der Waals surface area contributed by atoms with Crippen LogP contribution in [-0.2, 0) is 22.1 Å². The van der Waals surface area contributed by atoms with E-state index in [1.165, 1.54) is 0 Å². The zero-order chi connectivity index (χ0) is 29.1. The topological polar surface area (TPSA) is 71.8 Å². The molecule has 0 unspecified atom stereocenters. The fourth-order valence-corrected chi connectivity index (χ4v) is 6.02. The number of halogens is 2. The van der Waals surface area contributed by atoms with Crippen LogP contribution in [0.4, 0.5) is 10.1 Å². The van der Waals surface area contributed by atoms with Gasteiger partial charge in [0, 0.05) is 43.1 Å². The minimum atomic E-state index is -2.38. The van der Waals surface area contributed by atoms with E-state index in [1.807, 2.05) is 48.8 Å². The van der Waals surface area contributed by atoms with Gasteiger partial charge in [0.1, 0.15) is 11.4 Å². The third-order valence-corrected chi connectivity index (χ3v) is 12.1. The van der Waals surface area contributed by atoms with Crippen LogP contribution in [0.1, 0.15) is 60.7 Å². The number of hydrogen-bond acceptors (Lipinski definition) is 5. The van der Waals surface area contributed by atoms with Crippen molar-refractivity contribution < 1.29 is 18.7 Å². The van der Waals surface area contributed by atoms with Gasteiger partial charge in [-0.3, -0.25) is 4.79 Å². The molecule has 9 heteroatoms. The van der Waals surface area contributed by atoms with Crippen molar-refractivity contribution >= 4 is 53.5 Å². The van der Waals surface area contributed by atoms with Crippen LogP contribution in [0.15, 0.2) is 41.3 Å². The molecule has 0 amide bonds. The Morgan fingerprint density at radius 2 is 1.87 bits per heavy atom. The lowest BCUT2D eigenvalue weighted by Crippen LogP contribution is -2.39. The van der Waals surface area contributed by atoms with Gasteiger partial charge in [0.25, 0.3) is 0 Å². The number of hydrogen-bond donors (Lipinski definition) is 1. The number of ether oxygens (including phenoxy) is 1. The monoisotopic (exact) mass is 666 g/mol. The van der Waals surface area contributed by atoms with E-state index in [1.54, 1.807) is 31.3 Å². The molecule has 0 fully saturated rings. The Morgan fingerprint density at radius 1 is 1.21 bits per heavy atom. The number of rotatable bonds is 11. The maximum Gasteiger partial charge on any atom is 0.343 e. The molecule has 6 nitrogen and oxygen atoms in total. The van der Waals surface area contributed by atoms with Gasteiger partial charge in [0.2, 0.25) is 5.43 Å². The Labute approximate surface area is 245 Å². The van der Waals surface area contributed by atoms with Crippen LogP contribution < -0.4 is 10.3 Å². The largest absolute Gasteiger partial charge is 0.462 e. The lowest BCUT2D eigenvalue weighted by Gasteiger charge is -2.35. The van der Waals surface area contributed by atoms with Gasteiger partial charge in [-0.1, -0.05) is 54.6 Å². The van der Waals surface area contributed by atoms with Crippen LogP contribution in [0.3, 0.4) is 0 Å². The van der Waals surface area contributed by atoms with E-state index in [9.17, 15) is 14.4 Å². The first kappa shape index (κ1) is 31.3. The summed E-state index contributed by atoms with van der Waals surface area (Å²) in [5.74, 6) is -0.881. The number of benzene rings is 2. The number of nitrogens with zero attached hydrogens (tertiary/aromatic N) is 2. The highest BCUT2D eigenvalue weighted by Crippen LogP contribution is 2.40. The van der Waals surface area contributed by atoms with Crippen molar-refractivity contribution in [2.75, 3.05) is 25.6 Å². The molecule has 2 aromatic carbocycles. The molecule has 1 N–H and O–H groups in total. The highest BCUT2D eigenvalue weighted by molar-refractivity contribution is 14.1.